The van der Waals surface area contributed by atoms with Crippen LogP contribution in [0.5, 0.6) is 0 Å². The van der Waals surface area contributed by atoms with Gasteiger partial charge in [-0.05, 0) is 42.8 Å². The smallest absolute Gasteiger partial charge is 0.280 e. The van der Waals surface area contributed by atoms with Crippen molar-refractivity contribution in [2.24, 2.45) is 0 Å². The van der Waals surface area contributed by atoms with Crippen molar-refractivity contribution in [1.82, 2.24) is 9.97 Å². The molecule has 2 aromatic heterocycles. The molecule has 0 radical (unpaired) electrons. The van der Waals surface area contributed by atoms with E-state index in [0.29, 0.717) is 17.5 Å². The summed E-state index contributed by atoms with van der Waals surface area (Å²) in [6, 6.07) is 10.0. The number of nitrogens with zero attached hydrogens (tertiary/aromatic N) is 4. The molecule has 164 valence electrons. The molecule has 0 spiro atoms. The Bertz CT molecular complexity index is 1310. The van der Waals surface area contributed by atoms with Crippen molar-refractivity contribution in [3.05, 3.63) is 87.4 Å². The van der Waals surface area contributed by atoms with Crippen LogP contribution in [-0.2, 0) is 16.4 Å². The van der Waals surface area contributed by atoms with Crippen LogP contribution in [0.2, 0.25) is 0 Å². The Labute approximate surface area is 183 Å². The van der Waals surface area contributed by atoms with Gasteiger partial charge in [0.05, 0.1) is 28.3 Å². The minimum Gasteiger partial charge on any atom is -0.301 e. The zero-order valence-corrected chi connectivity index (χ0v) is 17.9. The van der Waals surface area contributed by atoms with Crippen LogP contribution in [0.15, 0.2) is 59.9 Å². The van der Waals surface area contributed by atoms with E-state index in [2.05, 4.69) is 9.97 Å². The maximum Gasteiger partial charge on any atom is 0.280 e. The average Bonchev–Trinajstić information content (AvgIpc) is 2.76. The van der Waals surface area contributed by atoms with Crippen LogP contribution >= 0.6 is 0 Å². The molecule has 0 unspecified atom stereocenters. The summed E-state index contributed by atoms with van der Waals surface area (Å²) >= 11 is 0. The van der Waals surface area contributed by atoms with Crippen LogP contribution in [0.4, 0.5) is 11.4 Å². The molecule has 0 atom stereocenters. The van der Waals surface area contributed by atoms with Crippen molar-refractivity contribution in [3.63, 3.8) is 0 Å². The van der Waals surface area contributed by atoms with Crippen LogP contribution in [0.25, 0.3) is 0 Å². The lowest BCUT2D eigenvalue weighted by Crippen LogP contribution is -2.32. The normalized spacial score (nSPS) is 11.1. The van der Waals surface area contributed by atoms with Crippen LogP contribution in [0.1, 0.15) is 32.0 Å². The number of aromatic nitrogens is 2. The number of carbonyl (C=O) groups excluding carboxylic acids is 2. The number of aldehydes is 1. The van der Waals surface area contributed by atoms with Crippen molar-refractivity contribution in [3.8, 4) is 0 Å². The molecule has 3 rings (SSSR count). The molecule has 0 bridgehead atoms. The van der Waals surface area contributed by atoms with Gasteiger partial charge in [-0.2, -0.15) is 0 Å². The number of anilines is 1. The number of benzene rings is 1. The predicted octanol–water partition coefficient (Wildman–Crippen LogP) is 2.76. The van der Waals surface area contributed by atoms with E-state index in [1.54, 1.807) is 19.1 Å². The largest absolute Gasteiger partial charge is 0.301 e. The van der Waals surface area contributed by atoms with Crippen LogP contribution in [-0.4, -0.2) is 41.8 Å². The van der Waals surface area contributed by atoms with E-state index in [1.807, 2.05) is 0 Å². The van der Waals surface area contributed by atoms with Crippen molar-refractivity contribution >= 4 is 33.4 Å². The van der Waals surface area contributed by atoms with E-state index < -0.39 is 26.4 Å². The first kappa shape index (κ1) is 22.7. The number of carbonyl (C=O) groups is 2. The highest BCUT2D eigenvalue weighted by Crippen LogP contribution is 2.28. The maximum absolute atomic E-state index is 13.4. The molecular weight excluding hydrogens is 436 g/mol. The lowest BCUT2D eigenvalue weighted by molar-refractivity contribution is -0.385. The summed E-state index contributed by atoms with van der Waals surface area (Å²) in [6.07, 6.45) is 3.99. The predicted molar refractivity (Wildman–Crippen MR) is 115 cm³/mol. The van der Waals surface area contributed by atoms with E-state index in [0.717, 1.165) is 11.2 Å². The molecule has 0 aliphatic heterocycles. The van der Waals surface area contributed by atoms with Gasteiger partial charge in [-0.3, -0.25) is 24.7 Å². The molecule has 3 aromatic rings. The summed E-state index contributed by atoms with van der Waals surface area (Å²) in [6.45, 7) is 1.55. The van der Waals surface area contributed by atoms with Gasteiger partial charge in [0.2, 0.25) is 0 Å². The lowest BCUT2D eigenvalue weighted by Gasteiger charge is -2.24. The van der Waals surface area contributed by atoms with Gasteiger partial charge in [-0.1, -0.05) is 6.07 Å². The Morgan fingerprint density at radius 1 is 1.19 bits per heavy atom. The van der Waals surface area contributed by atoms with Crippen LogP contribution in [0, 0.1) is 17.0 Å². The fourth-order valence-corrected chi connectivity index (χ4v) is 3.83. The Morgan fingerprint density at radius 2 is 1.94 bits per heavy atom. The zero-order valence-electron chi connectivity index (χ0n) is 17.1. The third kappa shape index (κ3) is 4.83. The molecule has 0 saturated carbocycles. The number of aryl methyl sites for hydroxylation is 1. The maximum atomic E-state index is 13.4. The van der Waals surface area contributed by atoms with E-state index in [9.17, 15) is 28.1 Å². The molecule has 1 amide bonds. The summed E-state index contributed by atoms with van der Waals surface area (Å²) in [5.41, 5.74) is 0.681. The van der Waals surface area contributed by atoms with E-state index >= 15 is 0 Å². The first-order chi connectivity index (χ1) is 15.1. The highest BCUT2D eigenvalue weighted by atomic mass is 32.2. The number of nitro benzene ring substituents is 1. The summed E-state index contributed by atoms with van der Waals surface area (Å²) in [5, 5.41) is 11.0. The minimum atomic E-state index is -3.80. The number of amides is 1. The SMILES string of the molecule is Cc1ccc(C(=O)N(Cc2ccc(C=O)c([N+](=O)[O-])c2)c2cccnc2S(C)(=O)=O)cn1. The Morgan fingerprint density at radius 3 is 2.53 bits per heavy atom. The molecule has 32 heavy (non-hydrogen) atoms. The third-order valence-electron chi connectivity index (χ3n) is 4.56. The quantitative estimate of drug-likeness (QED) is 0.301. The van der Waals surface area contributed by atoms with Gasteiger partial charge in [0.25, 0.3) is 11.6 Å². The standard InChI is InChI=1S/C21H18N4O6S/c1-14-5-7-16(11-23-14)21(27)24(18-4-3-9-22-20(18)32(2,30)31)12-15-6-8-17(13-26)19(10-15)25(28)29/h3-11,13H,12H2,1-2H3. The molecule has 1 aromatic carbocycles. The third-order valence-corrected chi connectivity index (χ3v) is 5.57. The van der Waals surface area contributed by atoms with Crippen LogP contribution < -0.4 is 4.90 Å². The first-order valence-electron chi connectivity index (χ1n) is 9.24. The van der Waals surface area contributed by atoms with Crippen LogP contribution in [0.3, 0.4) is 0 Å². The fourth-order valence-electron chi connectivity index (χ4n) is 3.02. The van der Waals surface area contributed by atoms with Crippen molar-refractivity contribution in [1.29, 1.82) is 0 Å². The molecular formula is C21H18N4O6S. The van der Waals surface area contributed by atoms with E-state index in [-0.39, 0.29) is 28.4 Å². The van der Waals surface area contributed by atoms with E-state index in [1.165, 1.54) is 42.7 Å². The topological polar surface area (TPSA) is 140 Å². The number of sulfone groups is 1. The summed E-state index contributed by atoms with van der Waals surface area (Å²) in [4.78, 5) is 44.3. The summed E-state index contributed by atoms with van der Waals surface area (Å²) in [7, 11) is -3.80. The molecule has 0 N–H and O–H groups in total. The molecule has 11 heteroatoms. The van der Waals surface area contributed by atoms with Gasteiger partial charge < -0.3 is 4.90 Å². The molecule has 0 aliphatic rings. The van der Waals surface area contributed by atoms with Crippen molar-refractivity contribution < 1.29 is 22.9 Å². The Kier molecular flexibility index (Phi) is 6.40. The highest BCUT2D eigenvalue weighted by molar-refractivity contribution is 7.90. The molecule has 2 heterocycles. The second-order valence-corrected chi connectivity index (χ2v) is 8.88. The van der Waals surface area contributed by atoms with Gasteiger partial charge in [0.15, 0.2) is 21.1 Å². The van der Waals surface area contributed by atoms with E-state index in [4.69, 9.17) is 0 Å². The van der Waals surface area contributed by atoms with Gasteiger partial charge in [0, 0.05) is 30.4 Å². The second kappa shape index (κ2) is 9.02. The molecule has 10 nitrogen and oxygen atoms in total. The number of hydrogen-bond donors (Lipinski definition) is 0. The molecule has 0 aliphatic carbocycles. The zero-order chi connectivity index (χ0) is 23.5. The highest BCUT2D eigenvalue weighted by Gasteiger charge is 2.26. The minimum absolute atomic E-state index is 0.0164. The summed E-state index contributed by atoms with van der Waals surface area (Å²) < 4.78 is 24.6. The van der Waals surface area contributed by atoms with Gasteiger partial charge in [0.1, 0.15) is 0 Å². The van der Waals surface area contributed by atoms with Gasteiger partial charge >= 0.3 is 0 Å². The number of pyridine rings is 2. The second-order valence-electron chi connectivity index (χ2n) is 6.95. The van der Waals surface area contributed by atoms with Gasteiger partial charge in [-0.15, -0.1) is 0 Å². The Balaban J connectivity index is 2.15. The summed E-state index contributed by atoms with van der Waals surface area (Å²) in [5.74, 6) is -0.572. The van der Waals surface area contributed by atoms with Crippen molar-refractivity contribution in [2.75, 3.05) is 11.2 Å². The van der Waals surface area contributed by atoms with Gasteiger partial charge in [-0.25, -0.2) is 13.4 Å². The lowest BCUT2D eigenvalue weighted by atomic mass is 10.1. The number of nitro groups is 1. The average molecular weight is 454 g/mol. The fraction of sp³-hybridized carbons (Fsp3) is 0.143. The molecule has 0 fully saturated rings. The number of rotatable bonds is 7. The van der Waals surface area contributed by atoms with Crippen molar-refractivity contribution in [2.45, 2.75) is 18.5 Å². The molecule has 0 saturated heterocycles. The first-order valence-corrected chi connectivity index (χ1v) is 11.1. The number of hydrogen-bond acceptors (Lipinski definition) is 8. The monoisotopic (exact) mass is 454 g/mol. The Hall–Kier alpha value is -3.99.